The van der Waals surface area contributed by atoms with E-state index < -0.39 is 0 Å². The first-order chi connectivity index (χ1) is 9.15. The van der Waals surface area contributed by atoms with Crippen molar-refractivity contribution < 1.29 is 14.3 Å². The Morgan fingerprint density at radius 1 is 1.47 bits per heavy atom. The van der Waals surface area contributed by atoms with Gasteiger partial charge in [0.05, 0.1) is 7.11 Å². The fourth-order valence-electron chi connectivity index (χ4n) is 2.20. The second-order valence-electron chi connectivity index (χ2n) is 4.67. The van der Waals surface area contributed by atoms with Crippen LogP contribution < -0.4 is 15.2 Å². The molecular formula is C14H20N2O3. The van der Waals surface area contributed by atoms with Crippen molar-refractivity contribution >= 4 is 5.91 Å². The van der Waals surface area contributed by atoms with E-state index in [1.807, 2.05) is 18.2 Å². The molecule has 1 aliphatic heterocycles. The number of carbonyl (C=O) groups is 1. The smallest absolute Gasteiger partial charge is 0.263 e. The fraction of sp³-hybridized carbons (Fsp3) is 0.500. The summed E-state index contributed by atoms with van der Waals surface area (Å²) in [5.41, 5.74) is 6.58. The van der Waals surface area contributed by atoms with Crippen LogP contribution in [0, 0.1) is 0 Å². The molecule has 5 nitrogen and oxygen atoms in total. The molecule has 0 aliphatic carbocycles. The highest BCUT2D eigenvalue weighted by Crippen LogP contribution is 2.27. The van der Waals surface area contributed by atoms with Crippen molar-refractivity contribution in [1.82, 2.24) is 4.90 Å². The number of rotatable bonds is 5. The quantitative estimate of drug-likeness (QED) is 0.854. The van der Waals surface area contributed by atoms with Gasteiger partial charge in [-0.1, -0.05) is 0 Å². The number of likely N-dealkylation sites (N-methyl/N-ethyl adjacent to an activating group) is 1. The molecule has 1 aromatic carbocycles. The van der Waals surface area contributed by atoms with Gasteiger partial charge < -0.3 is 20.1 Å². The molecule has 2 N–H and O–H groups in total. The van der Waals surface area contributed by atoms with Crippen LogP contribution in [0.3, 0.4) is 0 Å². The molecule has 1 atom stereocenters. The van der Waals surface area contributed by atoms with E-state index >= 15 is 0 Å². The predicted octanol–water partition coefficient (Wildman–Crippen LogP) is 0.806. The number of ether oxygens (including phenoxy) is 2. The first kappa shape index (κ1) is 13.7. The monoisotopic (exact) mass is 264 g/mol. The van der Waals surface area contributed by atoms with Crippen LogP contribution >= 0.6 is 0 Å². The second kappa shape index (κ2) is 5.93. The van der Waals surface area contributed by atoms with Crippen LogP contribution in [0.5, 0.6) is 11.5 Å². The molecule has 0 spiro atoms. The maximum atomic E-state index is 11.9. The second-order valence-corrected chi connectivity index (χ2v) is 4.67. The van der Waals surface area contributed by atoms with Crippen molar-refractivity contribution in [3.63, 3.8) is 0 Å². The van der Waals surface area contributed by atoms with Gasteiger partial charge in [0.15, 0.2) is 6.10 Å². The van der Waals surface area contributed by atoms with Crippen LogP contribution in [0.1, 0.15) is 12.0 Å². The number of nitrogens with zero attached hydrogens (tertiary/aromatic N) is 1. The molecular weight excluding hydrogens is 244 g/mol. The predicted molar refractivity (Wildman–Crippen MR) is 72.4 cm³/mol. The van der Waals surface area contributed by atoms with Crippen molar-refractivity contribution in [3.8, 4) is 11.5 Å². The number of methoxy groups -OCH3 is 1. The molecule has 2 rings (SSSR count). The van der Waals surface area contributed by atoms with Crippen LogP contribution in [-0.2, 0) is 11.2 Å². The zero-order valence-electron chi connectivity index (χ0n) is 11.4. The van der Waals surface area contributed by atoms with E-state index in [4.69, 9.17) is 15.2 Å². The Morgan fingerprint density at radius 3 is 2.84 bits per heavy atom. The normalized spacial score (nSPS) is 18.8. The van der Waals surface area contributed by atoms with Gasteiger partial charge in [0.25, 0.3) is 5.91 Å². The summed E-state index contributed by atoms with van der Waals surface area (Å²) in [5, 5.41) is 0. The van der Waals surface area contributed by atoms with Gasteiger partial charge in [-0.05, 0) is 36.7 Å². The van der Waals surface area contributed by atoms with Crippen molar-refractivity contribution in [3.05, 3.63) is 23.8 Å². The van der Waals surface area contributed by atoms with Gasteiger partial charge in [-0.15, -0.1) is 0 Å². The minimum absolute atomic E-state index is 0.0366. The fourth-order valence-corrected chi connectivity index (χ4v) is 2.20. The van der Waals surface area contributed by atoms with E-state index in [0.717, 1.165) is 30.0 Å². The van der Waals surface area contributed by atoms with Crippen molar-refractivity contribution in [2.24, 2.45) is 5.73 Å². The molecule has 1 aliphatic rings. The Labute approximate surface area is 113 Å². The van der Waals surface area contributed by atoms with E-state index in [2.05, 4.69) is 0 Å². The molecule has 0 bridgehead atoms. The van der Waals surface area contributed by atoms with Crippen molar-refractivity contribution in [2.45, 2.75) is 18.9 Å². The third-order valence-electron chi connectivity index (χ3n) is 3.33. The van der Waals surface area contributed by atoms with Gasteiger partial charge in [-0.3, -0.25) is 4.79 Å². The van der Waals surface area contributed by atoms with Crippen molar-refractivity contribution in [2.75, 3.05) is 27.2 Å². The van der Waals surface area contributed by atoms with Crippen LogP contribution in [0.15, 0.2) is 18.2 Å². The zero-order chi connectivity index (χ0) is 13.8. The Hall–Kier alpha value is -1.75. The molecule has 1 amide bonds. The summed E-state index contributed by atoms with van der Waals surface area (Å²) < 4.78 is 11.0. The molecule has 1 aromatic rings. The lowest BCUT2D eigenvalue weighted by atomic mass is 10.1. The topological polar surface area (TPSA) is 64.8 Å². The average Bonchev–Trinajstić information content (AvgIpc) is 2.73. The van der Waals surface area contributed by atoms with Crippen LogP contribution in [0.4, 0.5) is 0 Å². The van der Waals surface area contributed by atoms with E-state index in [1.54, 1.807) is 19.1 Å². The minimum atomic E-state index is -0.380. The van der Waals surface area contributed by atoms with Crippen molar-refractivity contribution in [1.29, 1.82) is 0 Å². The zero-order valence-corrected chi connectivity index (χ0v) is 11.4. The first-order valence-corrected chi connectivity index (χ1v) is 6.44. The van der Waals surface area contributed by atoms with E-state index in [9.17, 15) is 4.79 Å². The van der Waals surface area contributed by atoms with E-state index in [0.29, 0.717) is 13.0 Å². The van der Waals surface area contributed by atoms with Crippen LogP contribution in [-0.4, -0.2) is 44.2 Å². The van der Waals surface area contributed by atoms with Gasteiger partial charge in [-0.2, -0.15) is 0 Å². The van der Waals surface area contributed by atoms with Gasteiger partial charge in [0.2, 0.25) is 0 Å². The third kappa shape index (κ3) is 2.98. The lowest BCUT2D eigenvalue weighted by Crippen LogP contribution is -2.29. The molecule has 0 radical (unpaired) electrons. The maximum Gasteiger partial charge on any atom is 0.263 e. The number of nitrogens with two attached hydrogens (primary N) is 1. The van der Waals surface area contributed by atoms with Gasteiger partial charge >= 0.3 is 0 Å². The molecule has 104 valence electrons. The minimum Gasteiger partial charge on any atom is -0.497 e. The summed E-state index contributed by atoms with van der Waals surface area (Å²) >= 11 is 0. The molecule has 0 aromatic heterocycles. The lowest BCUT2D eigenvalue weighted by Gasteiger charge is -2.16. The lowest BCUT2D eigenvalue weighted by molar-refractivity contribution is -0.132. The number of hydrogen-bond acceptors (Lipinski definition) is 4. The molecule has 1 saturated heterocycles. The van der Waals surface area contributed by atoms with Gasteiger partial charge in [-0.25, -0.2) is 0 Å². The Kier molecular flexibility index (Phi) is 4.27. The Balaban J connectivity index is 2.17. The molecule has 1 heterocycles. The van der Waals surface area contributed by atoms with Crippen LogP contribution in [0.2, 0.25) is 0 Å². The molecule has 5 heteroatoms. The highest BCUT2D eigenvalue weighted by molar-refractivity contribution is 5.83. The third-order valence-corrected chi connectivity index (χ3v) is 3.33. The molecule has 19 heavy (non-hydrogen) atoms. The first-order valence-electron chi connectivity index (χ1n) is 6.44. The number of carbonyl (C=O) groups excluding carboxylic acids is 1. The highest BCUT2D eigenvalue weighted by atomic mass is 16.5. The highest BCUT2D eigenvalue weighted by Gasteiger charge is 2.31. The number of hydrogen-bond donors (Lipinski definition) is 1. The maximum absolute atomic E-state index is 11.9. The van der Waals surface area contributed by atoms with E-state index in [-0.39, 0.29) is 12.0 Å². The Morgan fingerprint density at radius 2 is 2.26 bits per heavy atom. The summed E-state index contributed by atoms with van der Waals surface area (Å²) in [7, 11) is 3.41. The number of benzene rings is 1. The summed E-state index contributed by atoms with van der Waals surface area (Å²) in [4.78, 5) is 13.5. The summed E-state index contributed by atoms with van der Waals surface area (Å²) in [6.45, 7) is 1.27. The molecule has 1 unspecified atom stereocenters. The van der Waals surface area contributed by atoms with Crippen LogP contribution in [0.25, 0.3) is 0 Å². The molecule has 0 saturated carbocycles. The standard InChI is InChI=1S/C14H20N2O3/c1-16-8-6-13(14(16)17)19-12-4-3-11(18-2)9-10(12)5-7-15/h3-4,9,13H,5-8,15H2,1-2H3. The van der Waals surface area contributed by atoms with Gasteiger partial charge in [0, 0.05) is 20.0 Å². The summed E-state index contributed by atoms with van der Waals surface area (Å²) in [6, 6.07) is 5.58. The van der Waals surface area contributed by atoms with E-state index in [1.165, 1.54) is 0 Å². The average molecular weight is 264 g/mol. The number of likely N-dealkylation sites (tertiary alicyclic amines) is 1. The Bertz CT molecular complexity index is 462. The SMILES string of the molecule is COc1ccc(OC2CCN(C)C2=O)c(CCN)c1. The van der Waals surface area contributed by atoms with Gasteiger partial charge in [0.1, 0.15) is 11.5 Å². The molecule has 1 fully saturated rings. The summed E-state index contributed by atoms with van der Waals surface area (Å²) in [5.74, 6) is 1.53. The largest absolute Gasteiger partial charge is 0.497 e. The summed E-state index contributed by atoms with van der Waals surface area (Å²) in [6.07, 6.45) is 1.04. The number of amides is 1.